The average Bonchev–Trinajstić information content (AvgIpc) is 3.03. The minimum Gasteiger partial charge on any atom is -0.350 e. The smallest absolute Gasteiger partial charge is 0.227 e. The lowest BCUT2D eigenvalue weighted by Gasteiger charge is -2.15. The van der Waals surface area contributed by atoms with Crippen molar-refractivity contribution in [2.24, 2.45) is 7.05 Å². The second-order valence-electron chi connectivity index (χ2n) is 5.97. The van der Waals surface area contributed by atoms with Crippen molar-refractivity contribution >= 4 is 5.91 Å². The van der Waals surface area contributed by atoms with Crippen LogP contribution in [0.15, 0.2) is 60.9 Å². The fourth-order valence-corrected chi connectivity index (χ4v) is 2.89. The number of nitrogens with zero attached hydrogens (tertiary/aromatic N) is 3. The van der Waals surface area contributed by atoms with Crippen LogP contribution < -0.4 is 5.32 Å². The van der Waals surface area contributed by atoms with E-state index in [0.29, 0.717) is 6.54 Å². The summed E-state index contributed by atoms with van der Waals surface area (Å²) in [5, 5.41) is 7.56. The highest BCUT2D eigenvalue weighted by atomic mass is 16.1. The molecule has 5 nitrogen and oxygen atoms in total. The van der Waals surface area contributed by atoms with Crippen LogP contribution in [0, 0.1) is 0 Å². The van der Waals surface area contributed by atoms with Gasteiger partial charge in [-0.05, 0) is 30.2 Å². The van der Waals surface area contributed by atoms with Crippen LogP contribution in [0.25, 0.3) is 11.3 Å². The monoisotopic (exact) mass is 334 g/mol. The third-order valence-electron chi connectivity index (χ3n) is 4.32. The van der Waals surface area contributed by atoms with Crippen molar-refractivity contribution in [2.75, 3.05) is 0 Å². The third-order valence-corrected chi connectivity index (χ3v) is 4.32. The standard InChI is InChI=1S/C20H22N4O/c1-3-18(15-7-5-4-6-8-15)20(25)22-14-17-13-19(23-24(17)2)16-9-11-21-12-10-16/h4-13,18H,3,14H2,1-2H3,(H,22,25). The topological polar surface area (TPSA) is 59.8 Å². The van der Waals surface area contributed by atoms with Crippen molar-refractivity contribution in [1.82, 2.24) is 20.1 Å². The van der Waals surface area contributed by atoms with Crippen LogP contribution in [0.4, 0.5) is 0 Å². The van der Waals surface area contributed by atoms with E-state index in [1.807, 2.05) is 62.5 Å². The Hall–Kier alpha value is -2.95. The van der Waals surface area contributed by atoms with E-state index in [9.17, 15) is 4.79 Å². The van der Waals surface area contributed by atoms with Crippen molar-refractivity contribution in [3.8, 4) is 11.3 Å². The Kier molecular flexibility index (Phi) is 5.23. The number of hydrogen-bond acceptors (Lipinski definition) is 3. The molecule has 128 valence electrons. The van der Waals surface area contributed by atoms with E-state index in [1.165, 1.54) is 0 Å². The SMILES string of the molecule is CCC(C(=O)NCc1cc(-c2ccncc2)nn1C)c1ccccc1. The highest BCUT2D eigenvalue weighted by Crippen LogP contribution is 2.20. The molecule has 25 heavy (non-hydrogen) atoms. The van der Waals surface area contributed by atoms with Gasteiger partial charge in [0.15, 0.2) is 0 Å². The fourth-order valence-electron chi connectivity index (χ4n) is 2.89. The molecule has 1 amide bonds. The highest BCUT2D eigenvalue weighted by Gasteiger charge is 2.18. The molecule has 0 saturated carbocycles. The minimum atomic E-state index is -0.130. The van der Waals surface area contributed by atoms with Gasteiger partial charge in [0.1, 0.15) is 0 Å². The number of rotatable bonds is 6. The summed E-state index contributed by atoms with van der Waals surface area (Å²) in [7, 11) is 1.89. The quantitative estimate of drug-likeness (QED) is 0.752. The molecule has 0 aliphatic rings. The number of aryl methyl sites for hydroxylation is 1. The molecule has 0 bridgehead atoms. The first-order valence-corrected chi connectivity index (χ1v) is 8.45. The van der Waals surface area contributed by atoms with Crippen molar-refractivity contribution < 1.29 is 4.79 Å². The van der Waals surface area contributed by atoms with Crippen LogP contribution in [0.1, 0.15) is 30.5 Å². The van der Waals surface area contributed by atoms with Crippen molar-refractivity contribution in [3.05, 3.63) is 72.2 Å². The molecular weight excluding hydrogens is 312 g/mol. The number of carbonyl (C=O) groups excluding carboxylic acids is 1. The minimum absolute atomic E-state index is 0.0420. The van der Waals surface area contributed by atoms with Crippen LogP contribution in [0.5, 0.6) is 0 Å². The normalized spacial score (nSPS) is 11.9. The third kappa shape index (κ3) is 3.94. The van der Waals surface area contributed by atoms with Gasteiger partial charge in [0.2, 0.25) is 5.91 Å². The van der Waals surface area contributed by atoms with Crippen LogP contribution in [-0.4, -0.2) is 20.7 Å². The molecule has 1 unspecified atom stereocenters. The number of aromatic nitrogens is 3. The summed E-state index contributed by atoms with van der Waals surface area (Å²) in [5.41, 5.74) is 3.90. The molecule has 5 heteroatoms. The van der Waals surface area contributed by atoms with Gasteiger partial charge in [0, 0.05) is 25.0 Å². The van der Waals surface area contributed by atoms with E-state index in [2.05, 4.69) is 15.4 Å². The van der Waals surface area contributed by atoms with Crippen molar-refractivity contribution in [3.63, 3.8) is 0 Å². The maximum Gasteiger partial charge on any atom is 0.227 e. The molecule has 0 aliphatic heterocycles. The van der Waals surface area contributed by atoms with Gasteiger partial charge in [-0.3, -0.25) is 14.5 Å². The van der Waals surface area contributed by atoms with Gasteiger partial charge < -0.3 is 5.32 Å². The van der Waals surface area contributed by atoms with Gasteiger partial charge in [-0.2, -0.15) is 5.10 Å². The molecule has 2 aromatic heterocycles. The predicted molar refractivity (Wildman–Crippen MR) is 97.8 cm³/mol. The number of nitrogens with one attached hydrogen (secondary N) is 1. The van der Waals surface area contributed by atoms with Gasteiger partial charge in [-0.25, -0.2) is 0 Å². The lowest BCUT2D eigenvalue weighted by Crippen LogP contribution is -2.29. The van der Waals surface area contributed by atoms with Gasteiger partial charge in [0.25, 0.3) is 0 Å². The lowest BCUT2D eigenvalue weighted by atomic mass is 9.96. The van der Waals surface area contributed by atoms with E-state index < -0.39 is 0 Å². The molecular formula is C20H22N4O. The summed E-state index contributed by atoms with van der Waals surface area (Å²) < 4.78 is 1.81. The first-order valence-electron chi connectivity index (χ1n) is 8.45. The van der Waals surface area contributed by atoms with E-state index in [-0.39, 0.29) is 11.8 Å². The van der Waals surface area contributed by atoms with Gasteiger partial charge in [-0.15, -0.1) is 0 Å². The maximum absolute atomic E-state index is 12.6. The molecule has 0 spiro atoms. The molecule has 3 aromatic rings. The number of carbonyl (C=O) groups is 1. The molecule has 0 radical (unpaired) electrons. The van der Waals surface area contributed by atoms with E-state index in [1.54, 1.807) is 17.1 Å². The lowest BCUT2D eigenvalue weighted by molar-refractivity contribution is -0.122. The summed E-state index contributed by atoms with van der Waals surface area (Å²) in [6.07, 6.45) is 4.26. The van der Waals surface area contributed by atoms with E-state index in [0.717, 1.165) is 28.9 Å². The Balaban J connectivity index is 1.69. The Labute approximate surface area is 147 Å². The first kappa shape index (κ1) is 16.9. The molecule has 3 rings (SSSR count). The zero-order valence-electron chi connectivity index (χ0n) is 14.5. The van der Waals surface area contributed by atoms with Gasteiger partial charge in [0.05, 0.1) is 23.9 Å². The van der Waals surface area contributed by atoms with E-state index >= 15 is 0 Å². The van der Waals surface area contributed by atoms with Gasteiger partial charge in [-0.1, -0.05) is 37.3 Å². The Morgan fingerprint density at radius 1 is 1.16 bits per heavy atom. The summed E-state index contributed by atoms with van der Waals surface area (Å²) in [4.78, 5) is 16.6. The molecule has 0 saturated heterocycles. The second kappa shape index (κ2) is 7.75. The zero-order valence-corrected chi connectivity index (χ0v) is 14.5. The average molecular weight is 334 g/mol. The molecule has 1 aromatic carbocycles. The molecule has 0 fully saturated rings. The first-order chi connectivity index (χ1) is 12.2. The summed E-state index contributed by atoms with van der Waals surface area (Å²) >= 11 is 0. The predicted octanol–water partition coefficient (Wildman–Crippen LogP) is 3.29. The summed E-state index contributed by atoms with van der Waals surface area (Å²) in [6, 6.07) is 15.7. The van der Waals surface area contributed by atoms with Crippen molar-refractivity contribution in [1.29, 1.82) is 0 Å². The molecule has 1 N–H and O–H groups in total. The Bertz CT molecular complexity index is 827. The highest BCUT2D eigenvalue weighted by molar-refractivity contribution is 5.83. The number of amides is 1. The van der Waals surface area contributed by atoms with Gasteiger partial charge >= 0.3 is 0 Å². The van der Waals surface area contributed by atoms with Crippen molar-refractivity contribution in [2.45, 2.75) is 25.8 Å². The van der Waals surface area contributed by atoms with Crippen LogP contribution in [0.3, 0.4) is 0 Å². The number of pyridine rings is 1. The molecule has 1 atom stereocenters. The summed E-state index contributed by atoms with van der Waals surface area (Å²) in [5.74, 6) is -0.0885. The Morgan fingerprint density at radius 2 is 1.88 bits per heavy atom. The fraction of sp³-hybridized carbons (Fsp3) is 0.250. The number of benzene rings is 1. The van der Waals surface area contributed by atoms with E-state index in [4.69, 9.17) is 0 Å². The molecule has 2 heterocycles. The van der Waals surface area contributed by atoms with Crippen LogP contribution in [0.2, 0.25) is 0 Å². The maximum atomic E-state index is 12.6. The van der Waals surface area contributed by atoms with Crippen LogP contribution >= 0.6 is 0 Å². The number of hydrogen-bond donors (Lipinski definition) is 1. The Morgan fingerprint density at radius 3 is 2.56 bits per heavy atom. The van der Waals surface area contributed by atoms with Crippen LogP contribution in [-0.2, 0) is 18.4 Å². The second-order valence-corrected chi connectivity index (χ2v) is 5.97. The molecule has 0 aliphatic carbocycles. The summed E-state index contributed by atoms with van der Waals surface area (Å²) in [6.45, 7) is 2.49. The largest absolute Gasteiger partial charge is 0.350 e. The zero-order chi connectivity index (χ0) is 17.6.